The molecular formula is C24H26FN3O3. The normalized spacial score (nSPS) is 16.7. The van der Waals surface area contributed by atoms with E-state index in [1.807, 2.05) is 41.9 Å². The minimum absolute atomic E-state index is 0.141. The van der Waals surface area contributed by atoms with Gasteiger partial charge in [0, 0.05) is 36.5 Å². The maximum absolute atomic E-state index is 13.1. The molecule has 162 valence electrons. The van der Waals surface area contributed by atoms with Gasteiger partial charge in [-0.2, -0.15) is 5.10 Å². The Morgan fingerprint density at radius 1 is 1.10 bits per heavy atom. The number of piperidine rings is 1. The van der Waals surface area contributed by atoms with Crippen LogP contribution in [-0.2, 0) is 0 Å². The van der Waals surface area contributed by atoms with Gasteiger partial charge in [0.2, 0.25) is 0 Å². The zero-order valence-corrected chi connectivity index (χ0v) is 17.7. The zero-order valence-electron chi connectivity index (χ0n) is 17.7. The first-order chi connectivity index (χ1) is 14.9. The minimum Gasteiger partial charge on any atom is -0.497 e. The highest BCUT2D eigenvalue weighted by Crippen LogP contribution is 2.37. The molecule has 1 aromatic heterocycles. The van der Waals surface area contributed by atoms with Crippen LogP contribution < -0.4 is 4.74 Å². The average molecular weight is 423 g/mol. The molecule has 0 radical (unpaired) electrons. The fourth-order valence-electron chi connectivity index (χ4n) is 4.16. The summed E-state index contributed by atoms with van der Waals surface area (Å²) in [6.45, 7) is 2.87. The lowest BCUT2D eigenvalue weighted by molar-refractivity contribution is -0.0352. The number of benzene rings is 2. The number of methoxy groups -OCH3 is 1. The van der Waals surface area contributed by atoms with Crippen LogP contribution in [0.1, 0.15) is 41.7 Å². The summed E-state index contributed by atoms with van der Waals surface area (Å²) in [5, 5.41) is 15.9. The van der Waals surface area contributed by atoms with Crippen LogP contribution in [0, 0.1) is 5.82 Å². The van der Waals surface area contributed by atoms with Crippen molar-refractivity contribution in [3.63, 3.8) is 0 Å². The summed E-state index contributed by atoms with van der Waals surface area (Å²) in [6.07, 6.45) is 2.64. The van der Waals surface area contributed by atoms with Gasteiger partial charge in [0.05, 0.1) is 18.4 Å². The molecule has 1 N–H and O–H groups in total. The monoisotopic (exact) mass is 423 g/mol. The van der Waals surface area contributed by atoms with Crippen molar-refractivity contribution in [2.45, 2.75) is 31.3 Å². The summed E-state index contributed by atoms with van der Waals surface area (Å²) in [5.41, 5.74) is 1.30. The number of hydrogen-bond acceptors (Lipinski definition) is 4. The van der Waals surface area contributed by atoms with Gasteiger partial charge in [-0.15, -0.1) is 0 Å². The molecule has 1 unspecified atom stereocenters. The Labute approximate surface area is 180 Å². The Morgan fingerprint density at radius 3 is 2.35 bits per heavy atom. The van der Waals surface area contributed by atoms with E-state index in [-0.39, 0.29) is 17.6 Å². The third kappa shape index (κ3) is 4.18. The Balaban J connectivity index is 1.48. The standard InChI is InChI=1S/C24H26FN3O3/c1-17(22-11-14-26-28(22)20-7-9-21(31-2)10-8-20)24(30)12-15-27(16-13-24)23(29)18-3-5-19(25)6-4-18/h3-11,14,17,30H,12-13,15-16H2,1-2H3. The summed E-state index contributed by atoms with van der Waals surface area (Å²) in [4.78, 5) is 14.4. The minimum atomic E-state index is -0.955. The highest BCUT2D eigenvalue weighted by atomic mass is 19.1. The predicted molar refractivity (Wildman–Crippen MR) is 115 cm³/mol. The summed E-state index contributed by atoms with van der Waals surface area (Å²) < 4.78 is 20.2. The molecule has 31 heavy (non-hydrogen) atoms. The van der Waals surface area contributed by atoms with Crippen molar-refractivity contribution in [1.29, 1.82) is 0 Å². The second-order valence-electron chi connectivity index (χ2n) is 7.99. The topological polar surface area (TPSA) is 67.6 Å². The molecule has 0 bridgehead atoms. The molecule has 1 aliphatic heterocycles. The number of hydrogen-bond donors (Lipinski definition) is 1. The van der Waals surface area contributed by atoms with E-state index in [2.05, 4.69) is 5.10 Å². The van der Waals surface area contributed by atoms with Gasteiger partial charge >= 0.3 is 0 Å². The molecular weight excluding hydrogens is 397 g/mol. The molecule has 6 nitrogen and oxygen atoms in total. The molecule has 1 atom stereocenters. The quantitative estimate of drug-likeness (QED) is 0.678. The van der Waals surface area contributed by atoms with Crippen LogP contribution in [0.5, 0.6) is 5.75 Å². The largest absolute Gasteiger partial charge is 0.497 e. The van der Waals surface area contributed by atoms with Crippen molar-refractivity contribution in [1.82, 2.24) is 14.7 Å². The number of halogens is 1. The molecule has 4 rings (SSSR count). The van der Waals surface area contributed by atoms with Gasteiger partial charge in [-0.3, -0.25) is 4.79 Å². The Bertz CT molecular complexity index is 1040. The first kappa shape index (κ1) is 21.1. The van der Waals surface area contributed by atoms with Crippen LogP contribution in [-0.4, -0.2) is 51.5 Å². The van der Waals surface area contributed by atoms with E-state index in [4.69, 9.17) is 4.74 Å². The Kier molecular flexibility index (Phi) is 5.78. The summed E-state index contributed by atoms with van der Waals surface area (Å²) >= 11 is 0. The van der Waals surface area contributed by atoms with Gasteiger partial charge in [-0.1, -0.05) is 6.92 Å². The van der Waals surface area contributed by atoms with E-state index in [1.54, 1.807) is 18.2 Å². The number of carbonyl (C=O) groups is 1. The third-order valence-corrected chi connectivity index (χ3v) is 6.25. The maximum atomic E-state index is 13.1. The number of likely N-dealkylation sites (tertiary alicyclic amines) is 1. The molecule has 1 saturated heterocycles. The van der Waals surface area contributed by atoms with Crippen molar-refractivity contribution in [3.8, 4) is 11.4 Å². The lowest BCUT2D eigenvalue weighted by Gasteiger charge is -2.42. The molecule has 2 aromatic carbocycles. The van der Waals surface area contributed by atoms with E-state index in [9.17, 15) is 14.3 Å². The second kappa shape index (κ2) is 8.51. The van der Waals surface area contributed by atoms with Crippen molar-refractivity contribution in [3.05, 3.63) is 77.9 Å². The number of aliphatic hydroxyl groups is 1. The molecule has 0 saturated carbocycles. The summed E-state index contributed by atoms with van der Waals surface area (Å²) in [6, 6.07) is 15.1. The number of carbonyl (C=O) groups excluding carboxylic acids is 1. The van der Waals surface area contributed by atoms with E-state index < -0.39 is 5.60 Å². The van der Waals surface area contributed by atoms with Crippen molar-refractivity contribution in [2.24, 2.45) is 0 Å². The van der Waals surface area contributed by atoms with Gasteiger partial charge in [-0.25, -0.2) is 9.07 Å². The first-order valence-corrected chi connectivity index (χ1v) is 10.4. The smallest absolute Gasteiger partial charge is 0.253 e. The highest BCUT2D eigenvalue weighted by molar-refractivity contribution is 5.94. The third-order valence-electron chi connectivity index (χ3n) is 6.25. The molecule has 0 aliphatic carbocycles. The van der Waals surface area contributed by atoms with Crippen molar-refractivity contribution >= 4 is 5.91 Å². The molecule has 1 fully saturated rings. The van der Waals surface area contributed by atoms with Gasteiger partial charge in [0.1, 0.15) is 11.6 Å². The molecule has 1 aliphatic rings. The van der Waals surface area contributed by atoms with Crippen molar-refractivity contribution < 1.29 is 19.0 Å². The van der Waals surface area contributed by atoms with Crippen LogP contribution in [0.15, 0.2) is 60.8 Å². The van der Waals surface area contributed by atoms with Crippen LogP contribution in [0.3, 0.4) is 0 Å². The molecule has 7 heteroatoms. The molecule has 3 aromatic rings. The fraction of sp³-hybridized carbons (Fsp3) is 0.333. The zero-order chi connectivity index (χ0) is 22.0. The first-order valence-electron chi connectivity index (χ1n) is 10.4. The second-order valence-corrected chi connectivity index (χ2v) is 7.99. The number of nitrogens with zero attached hydrogens (tertiary/aromatic N) is 3. The number of ether oxygens (including phenoxy) is 1. The molecule has 2 heterocycles. The lowest BCUT2D eigenvalue weighted by Crippen LogP contribution is -2.49. The van der Waals surface area contributed by atoms with Crippen LogP contribution in [0.4, 0.5) is 4.39 Å². The van der Waals surface area contributed by atoms with E-state index in [0.717, 1.165) is 17.1 Å². The highest BCUT2D eigenvalue weighted by Gasteiger charge is 2.40. The summed E-state index contributed by atoms with van der Waals surface area (Å²) in [7, 11) is 1.62. The van der Waals surface area contributed by atoms with Crippen molar-refractivity contribution in [2.75, 3.05) is 20.2 Å². The Morgan fingerprint density at radius 2 is 1.74 bits per heavy atom. The number of amides is 1. The van der Waals surface area contributed by atoms with E-state index in [0.29, 0.717) is 31.5 Å². The van der Waals surface area contributed by atoms with Crippen LogP contribution in [0.25, 0.3) is 5.69 Å². The van der Waals surface area contributed by atoms with Gasteiger partial charge < -0.3 is 14.7 Å². The number of rotatable bonds is 5. The SMILES string of the molecule is COc1ccc(-n2nccc2C(C)C2(O)CCN(C(=O)c3ccc(F)cc3)CC2)cc1. The lowest BCUT2D eigenvalue weighted by atomic mass is 9.78. The van der Waals surface area contributed by atoms with E-state index in [1.165, 1.54) is 24.3 Å². The average Bonchev–Trinajstić information content (AvgIpc) is 3.29. The maximum Gasteiger partial charge on any atom is 0.253 e. The Hall–Kier alpha value is -3.19. The van der Waals surface area contributed by atoms with Gasteiger partial charge in [0.25, 0.3) is 5.91 Å². The van der Waals surface area contributed by atoms with Gasteiger partial charge in [-0.05, 0) is 67.4 Å². The van der Waals surface area contributed by atoms with Crippen LogP contribution >= 0.6 is 0 Å². The van der Waals surface area contributed by atoms with E-state index >= 15 is 0 Å². The predicted octanol–water partition coefficient (Wildman–Crippen LogP) is 3.79. The van der Waals surface area contributed by atoms with Gasteiger partial charge in [0.15, 0.2) is 0 Å². The number of aromatic nitrogens is 2. The fourth-order valence-corrected chi connectivity index (χ4v) is 4.16. The molecule has 0 spiro atoms. The molecule has 1 amide bonds. The summed E-state index contributed by atoms with van der Waals surface area (Å²) in [5.74, 6) is 0.0762. The van der Waals surface area contributed by atoms with Crippen LogP contribution in [0.2, 0.25) is 0 Å².